The molecule has 0 unspecified atom stereocenters. The first kappa shape index (κ1) is 12.5. The number of benzene rings is 1. The van der Waals surface area contributed by atoms with E-state index in [9.17, 15) is 9.90 Å². The minimum atomic E-state index is 0.0713. The highest BCUT2D eigenvalue weighted by atomic mass is 32.2. The summed E-state index contributed by atoms with van der Waals surface area (Å²) in [5.74, 6) is 2.02. The standard InChI is InChI=1S/C14H18O2S/c15-9-12-8-13(6-7-14(12)16)17-10-11-4-2-1-3-5-11/h6-9,11,16H,1-5,10H2. The first-order valence-electron chi connectivity index (χ1n) is 6.20. The molecule has 0 aliphatic heterocycles. The Bertz CT molecular complexity index is 384. The van der Waals surface area contributed by atoms with Gasteiger partial charge in [-0.1, -0.05) is 19.3 Å². The predicted octanol–water partition coefficient (Wildman–Crippen LogP) is 3.88. The van der Waals surface area contributed by atoms with E-state index in [1.54, 1.807) is 23.9 Å². The van der Waals surface area contributed by atoms with Crippen molar-refractivity contribution in [2.75, 3.05) is 5.75 Å². The van der Waals surface area contributed by atoms with E-state index in [2.05, 4.69) is 0 Å². The van der Waals surface area contributed by atoms with Gasteiger partial charge < -0.3 is 5.11 Å². The number of aromatic hydroxyl groups is 1. The van der Waals surface area contributed by atoms with Gasteiger partial charge in [-0.15, -0.1) is 11.8 Å². The van der Waals surface area contributed by atoms with Crippen LogP contribution in [0.25, 0.3) is 0 Å². The van der Waals surface area contributed by atoms with Gasteiger partial charge in [-0.2, -0.15) is 0 Å². The van der Waals surface area contributed by atoms with Crippen LogP contribution in [0, 0.1) is 5.92 Å². The topological polar surface area (TPSA) is 37.3 Å². The molecule has 0 aromatic heterocycles. The highest BCUT2D eigenvalue weighted by Gasteiger charge is 2.13. The maximum atomic E-state index is 10.7. The molecular weight excluding hydrogens is 232 g/mol. The van der Waals surface area contributed by atoms with E-state index in [1.165, 1.54) is 32.1 Å². The molecule has 0 radical (unpaired) electrons. The van der Waals surface area contributed by atoms with Crippen LogP contribution in [0.15, 0.2) is 23.1 Å². The van der Waals surface area contributed by atoms with Crippen LogP contribution in [0.1, 0.15) is 42.5 Å². The molecule has 0 saturated heterocycles. The first-order chi connectivity index (χ1) is 8.29. The van der Waals surface area contributed by atoms with E-state index in [4.69, 9.17) is 0 Å². The fourth-order valence-electron chi connectivity index (χ4n) is 2.28. The Morgan fingerprint density at radius 1 is 1.29 bits per heavy atom. The molecule has 0 bridgehead atoms. The monoisotopic (exact) mass is 250 g/mol. The molecule has 1 aromatic rings. The summed E-state index contributed by atoms with van der Waals surface area (Å²) in [6.45, 7) is 0. The van der Waals surface area contributed by atoms with Gasteiger partial charge in [0.1, 0.15) is 5.75 Å². The van der Waals surface area contributed by atoms with Crippen molar-refractivity contribution in [1.82, 2.24) is 0 Å². The molecule has 0 amide bonds. The smallest absolute Gasteiger partial charge is 0.153 e. The van der Waals surface area contributed by atoms with Crippen LogP contribution in [0.2, 0.25) is 0 Å². The summed E-state index contributed by atoms with van der Waals surface area (Å²) in [5.41, 5.74) is 0.388. The maximum Gasteiger partial charge on any atom is 0.153 e. The molecule has 2 nitrogen and oxygen atoms in total. The summed E-state index contributed by atoms with van der Waals surface area (Å²) in [6, 6.07) is 5.26. The fraction of sp³-hybridized carbons (Fsp3) is 0.500. The zero-order chi connectivity index (χ0) is 12.1. The molecule has 92 valence electrons. The number of phenols is 1. The van der Waals surface area contributed by atoms with E-state index < -0.39 is 0 Å². The van der Waals surface area contributed by atoms with Crippen molar-refractivity contribution in [3.05, 3.63) is 23.8 Å². The average Bonchev–Trinajstić information content (AvgIpc) is 2.39. The molecule has 1 N–H and O–H groups in total. The molecule has 3 heteroatoms. The number of carbonyl (C=O) groups excluding carboxylic acids is 1. The highest BCUT2D eigenvalue weighted by Crippen LogP contribution is 2.31. The lowest BCUT2D eigenvalue weighted by Crippen LogP contribution is -2.08. The number of carbonyl (C=O) groups is 1. The van der Waals surface area contributed by atoms with Crippen molar-refractivity contribution >= 4 is 18.0 Å². The first-order valence-corrected chi connectivity index (χ1v) is 7.19. The Kier molecular flexibility index (Phi) is 4.49. The van der Waals surface area contributed by atoms with E-state index in [-0.39, 0.29) is 5.75 Å². The molecule has 0 heterocycles. The van der Waals surface area contributed by atoms with Crippen LogP contribution < -0.4 is 0 Å². The Hall–Kier alpha value is -0.960. The van der Waals surface area contributed by atoms with Gasteiger partial charge in [0.15, 0.2) is 6.29 Å². The summed E-state index contributed by atoms with van der Waals surface area (Å²) < 4.78 is 0. The number of phenolic OH excluding ortho intramolecular Hbond substituents is 1. The van der Waals surface area contributed by atoms with Gasteiger partial charge in [-0.3, -0.25) is 4.79 Å². The molecule has 1 aliphatic carbocycles. The second-order valence-electron chi connectivity index (χ2n) is 4.65. The minimum Gasteiger partial charge on any atom is -0.507 e. The summed E-state index contributed by atoms with van der Waals surface area (Å²) in [5, 5.41) is 9.41. The van der Waals surface area contributed by atoms with E-state index in [0.717, 1.165) is 16.6 Å². The average molecular weight is 250 g/mol. The molecule has 1 aliphatic rings. The molecule has 0 atom stereocenters. The summed E-state index contributed by atoms with van der Waals surface area (Å²) >= 11 is 1.80. The van der Waals surface area contributed by atoms with Gasteiger partial charge in [-0.25, -0.2) is 0 Å². The second-order valence-corrected chi connectivity index (χ2v) is 5.75. The van der Waals surface area contributed by atoms with Crippen molar-refractivity contribution in [3.63, 3.8) is 0 Å². The Morgan fingerprint density at radius 2 is 2.06 bits per heavy atom. The Balaban J connectivity index is 1.91. The van der Waals surface area contributed by atoms with Gasteiger partial charge in [0.05, 0.1) is 5.56 Å². The van der Waals surface area contributed by atoms with Crippen LogP contribution in [0.4, 0.5) is 0 Å². The number of hydrogen-bond donors (Lipinski definition) is 1. The highest BCUT2D eigenvalue weighted by molar-refractivity contribution is 7.99. The second kappa shape index (κ2) is 6.10. The summed E-state index contributed by atoms with van der Waals surface area (Å²) in [7, 11) is 0. The SMILES string of the molecule is O=Cc1cc(SCC2CCCCC2)ccc1O. The van der Waals surface area contributed by atoms with Gasteiger partial charge in [0, 0.05) is 10.6 Å². The molecule has 1 fully saturated rings. The van der Waals surface area contributed by atoms with Crippen LogP contribution >= 0.6 is 11.8 Å². The number of aldehydes is 1. The fourth-order valence-corrected chi connectivity index (χ4v) is 3.42. The van der Waals surface area contributed by atoms with Crippen LogP contribution in [-0.2, 0) is 0 Å². The molecule has 1 saturated carbocycles. The summed E-state index contributed by atoms with van der Waals surface area (Å²) in [6.07, 6.45) is 7.49. The van der Waals surface area contributed by atoms with Crippen LogP contribution in [-0.4, -0.2) is 17.1 Å². The third-order valence-electron chi connectivity index (χ3n) is 3.34. The zero-order valence-corrected chi connectivity index (χ0v) is 10.7. The molecule has 0 spiro atoms. The van der Waals surface area contributed by atoms with E-state index in [0.29, 0.717) is 11.8 Å². The third-order valence-corrected chi connectivity index (χ3v) is 4.56. The van der Waals surface area contributed by atoms with Crippen LogP contribution in [0.3, 0.4) is 0 Å². The number of hydrogen-bond acceptors (Lipinski definition) is 3. The molecule has 17 heavy (non-hydrogen) atoms. The van der Waals surface area contributed by atoms with Crippen molar-refractivity contribution in [2.45, 2.75) is 37.0 Å². The van der Waals surface area contributed by atoms with Crippen molar-refractivity contribution < 1.29 is 9.90 Å². The molecule has 1 aromatic carbocycles. The normalized spacial score (nSPS) is 16.9. The minimum absolute atomic E-state index is 0.0713. The van der Waals surface area contributed by atoms with Gasteiger partial charge in [-0.05, 0) is 37.0 Å². The lowest BCUT2D eigenvalue weighted by molar-refractivity contribution is 0.112. The van der Waals surface area contributed by atoms with Gasteiger partial charge >= 0.3 is 0 Å². The molecule has 2 rings (SSSR count). The van der Waals surface area contributed by atoms with Crippen molar-refractivity contribution in [2.24, 2.45) is 5.92 Å². The van der Waals surface area contributed by atoms with Crippen LogP contribution in [0.5, 0.6) is 5.75 Å². The maximum absolute atomic E-state index is 10.7. The summed E-state index contributed by atoms with van der Waals surface area (Å²) in [4.78, 5) is 11.8. The van der Waals surface area contributed by atoms with Gasteiger partial charge in [0.25, 0.3) is 0 Å². The number of rotatable bonds is 4. The van der Waals surface area contributed by atoms with Gasteiger partial charge in [0.2, 0.25) is 0 Å². The lowest BCUT2D eigenvalue weighted by atomic mass is 9.91. The van der Waals surface area contributed by atoms with E-state index >= 15 is 0 Å². The molecular formula is C14H18O2S. The third kappa shape index (κ3) is 3.50. The predicted molar refractivity (Wildman–Crippen MR) is 70.8 cm³/mol. The number of thioether (sulfide) groups is 1. The van der Waals surface area contributed by atoms with E-state index in [1.807, 2.05) is 6.07 Å². The largest absolute Gasteiger partial charge is 0.507 e. The van der Waals surface area contributed by atoms with Crippen molar-refractivity contribution in [3.8, 4) is 5.75 Å². The lowest BCUT2D eigenvalue weighted by Gasteiger charge is -2.20. The van der Waals surface area contributed by atoms with Crippen molar-refractivity contribution in [1.29, 1.82) is 0 Å². The zero-order valence-electron chi connectivity index (χ0n) is 9.89. The quantitative estimate of drug-likeness (QED) is 0.651. The Labute approximate surface area is 106 Å². The Morgan fingerprint density at radius 3 is 2.76 bits per heavy atom.